The summed E-state index contributed by atoms with van der Waals surface area (Å²) in [6, 6.07) is 14.6. The van der Waals surface area contributed by atoms with Crippen molar-refractivity contribution in [2.24, 2.45) is 5.92 Å². The lowest BCUT2D eigenvalue weighted by Gasteiger charge is -2.25. The monoisotopic (exact) mass is 416 g/mol. The van der Waals surface area contributed by atoms with Crippen molar-refractivity contribution >= 4 is 17.7 Å². The molecular weight excluding hydrogens is 388 g/mol. The zero-order valence-electron chi connectivity index (χ0n) is 16.7. The van der Waals surface area contributed by atoms with Gasteiger partial charge in [-0.2, -0.15) is 0 Å². The molecule has 4 nitrogen and oxygen atoms in total. The smallest absolute Gasteiger partial charge is 0.117 e. The Morgan fingerprint density at radius 3 is 2.52 bits per heavy atom. The van der Waals surface area contributed by atoms with Crippen LogP contribution in [0.2, 0.25) is 5.02 Å². The van der Waals surface area contributed by atoms with E-state index in [-0.39, 0.29) is 12.4 Å². The Bertz CT molecular complexity index is 804. The molecule has 0 saturated heterocycles. The van der Waals surface area contributed by atoms with Gasteiger partial charge in [-0.1, -0.05) is 59.7 Å². The summed E-state index contributed by atoms with van der Waals surface area (Å²) in [6.07, 6.45) is 3.06. The molecule has 3 N–H and O–H groups in total. The number of rotatable bonds is 11. The Morgan fingerprint density at radius 2 is 1.86 bits per heavy atom. The second-order valence-electron chi connectivity index (χ2n) is 7.18. The quantitative estimate of drug-likeness (QED) is 0.452. The normalized spacial score (nSPS) is 15.0. The van der Waals surface area contributed by atoms with E-state index in [9.17, 15) is 15.3 Å². The van der Waals surface area contributed by atoms with E-state index in [1.165, 1.54) is 6.07 Å². The van der Waals surface area contributed by atoms with Crippen LogP contribution in [0.3, 0.4) is 0 Å². The Balaban J connectivity index is 1.83. The third-order valence-electron chi connectivity index (χ3n) is 4.78. The molecule has 0 saturated carbocycles. The highest BCUT2D eigenvalue weighted by atomic mass is 35.5. The fourth-order valence-corrected chi connectivity index (χ4v) is 3.32. The lowest BCUT2D eigenvalue weighted by molar-refractivity contribution is -0.0273. The summed E-state index contributed by atoms with van der Waals surface area (Å²) < 4.78 is 5.59. The van der Waals surface area contributed by atoms with Crippen molar-refractivity contribution in [2.45, 2.75) is 38.6 Å². The number of phenols is 1. The van der Waals surface area contributed by atoms with Gasteiger partial charge in [0.2, 0.25) is 0 Å². The van der Waals surface area contributed by atoms with Crippen LogP contribution >= 0.6 is 11.6 Å². The topological polar surface area (TPSA) is 69.9 Å². The van der Waals surface area contributed by atoms with Gasteiger partial charge < -0.3 is 20.1 Å². The van der Waals surface area contributed by atoms with E-state index >= 15 is 0 Å². The van der Waals surface area contributed by atoms with Crippen molar-refractivity contribution in [1.82, 2.24) is 0 Å². The highest BCUT2D eigenvalue weighted by molar-refractivity contribution is 6.32. The van der Waals surface area contributed by atoms with Crippen LogP contribution in [-0.2, 0) is 11.3 Å². The zero-order chi connectivity index (χ0) is 21.2. The molecule has 2 rings (SSSR count). The van der Waals surface area contributed by atoms with Crippen molar-refractivity contribution in [3.8, 4) is 5.75 Å². The maximum Gasteiger partial charge on any atom is 0.117 e. The second kappa shape index (κ2) is 11.8. The van der Waals surface area contributed by atoms with E-state index in [4.69, 9.17) is 16.3 Å². The molecule has 3 atom stereocenters. The van der Waals surface area contributed by atoms with Gasteiger partial charge in [-0.25, -0.2) is 0 Å². The number of aliphatic hydroxyl groups is 2. The molecule has 2 aromatic rings. The molecule has 29 heavy (non-hydrogen) atoms. The fourth-order valence-electron chi connectivity index (χ4n) is 3.09. The second-order valence-corrected chi connectivity index (χ2v) is 7.59. The number of halogens is 1. The van der Waals surface area contributed by atoms with Crippen LogP contribution in [0.5, 0.6) is 5.75 Å². The first-order valence-electron chi connectivity index (χ1n) is 9.66. The summed E-state index contributed by atoms with van der Waals surface area (Å²) in [4.78, 5) is 0. The summed E-state index contributed by atoms with van der Waals surface area (Å²) in [5, 5.41) is 30.8. The molecule has 0 heterocycles. The van der Waals surface area contributed by atoms with Crippen molar-refractivity contribution in [3.05, 3.63) is 82.9 Å². The molecular formula is C24H29ClO4. The predicted molar refractivity (Wildman–Crippen MR) is 118 cm³/mol. The van der Waals surface area contributed by atoms with Gasteiger partial charge in [-0.3, -0.25) is 0 Å². The van der Waals surface area contributed by atoms with Crippen molar-refractivity contribution in [1.29, 1.82) is 0 Å². The van der Waals surface area contributed by atoms with Crippen LogP contribution < -0.4 is 0 Å². The summed E-state index contributed by atoms with van der Waals surface area (Å²) in [6.45, 7) is 6.24. The molecule has 0 radical (unpaired) electrons. The van der Waals surface area contributed by atoms with Gasteiger partial charge in [-0.15, -0.1) is 6.58 Å². The van der Waals surface area contributed by atoms with Crippen molar-refractivity contribution in [2.75, 3.05) is 6.61 Å². The molecule has 2 aromatic carbocycles. The number of allylic oxidation sites excluding steroid dienone is 1. The highest BCUT2D eigenvalue weighted by Crippen LogP contribution is 2.25. The summed E-state index contributed by atoms with van der Waals surface area (Å²) in [7, 11) is 0. The maximum absolute atomic E-state index is 10.5. The first-order chi connectivity index (χ1) is 13.9. The minimum Gasteiger partial charge on any atom is -0.508 e. The number of aromatic hydroxyl groups is 1. The largest absolute Gasteiger partial charge is 0.508 e. The van der Waals surface area contributed by atoms with E-state index in [2.05, 4.69) is 6.58 Å². The Kier molecular flexibility index (Phi) is 9.42. The minimum absolute atomic E-state index is 0.123. The predicted octanol–water partition coefficient (Wildman–Crippen LogP) is 4.97. The average Bonchev–Trinajstić information content (AvgIpc) is 2.70. The summed E-state index contributed by atoms with van der Waals surface area (Å²) in [5.41, 5.74) is 2.88. The molecule has 0 amide bonds. The molecule has 0 bridgehead atoms. The van der Waals surface area contributed by atoms with Gasteiger partial charge in [0.05, 0.1) is 30.4 Å². The molecule has 0 aliphatic heterocycles. The number of hydrogen-bond acceptors (Lipinski definition) is 4. The molecule has 0 spiro atoms. The Hall–Kier alpha value is -2.11. The van der Waals surface area contributed by atoms with Crippen LogP contribution in [0.4, 0.5) is 0 Å². The number of phenolic OH excluding ortho intramolecular Hbond substituents is 1. The first kappa shape index (κ1) is 23.2. The lowest BCUT2D eigenvalue weighted by Crippen LogP contribution is -2.33. The zero-order valence-corrected chi connectivity index (χ0v) is 17.4. The van der Waals surface area contributed by atoms with Gasteiger partial charge in [0.15, 0.2) is 0 Å². The van der Waals surface area contributed by atoms with E-state index in [1.54, 1.807) is 18.2 Å². The van der Waals surface area contributed by atoms with Gasteiger partial charge in [0.25, 0.3) is 0 Å². The fraction of sp³-hybridized carbons (Fsp3) is 0.333. The SMILES string of the molecule is C=C[C@H]([C@H](O)CC/C(C)=C/c1ccc(O)cc1Cl)[C@H](O)COCc1ccccc1. The highest BCUT2D eigenvalue weighted by Gasteiger charge is 2.24. The van der Waals surface area contributed by atoms with Crippen molar-refractivity contribution in [3.63, 3.8) is 0 Å². The minimum atomic E-state index is -0.831. The van der Waals surface area contributed by atoms with Gasteiger partial charge in [0, 0.05) is 5.92 Å². The third kappa shape index (κ3) is 7.67. The molecule has 0 aliphatic carbocycles. The Labute approximate surface area is 177 Å². The van der Waals surface area contributed by atoms with E-state index < -0.39 is 18.1 Å². The number of ether oxygens (including phenoxy) is 1. The van der Waals surface area contributed by atoms with Crippen LogP contribution in [0.15, 0.2) is 66.8 Å². The molecule has 156 valence electrons. The molecule has 0 aromatic heterocycles. The molecule has 0 fully saturated rings. The number of benzene rings is 2. The van der Waals surface area contributed by atoms with Crippen LogP contribution in [0.25, 0.3) is 6.08 Å². The maximum atomic E-state index is 10.5. The average molecular weight is 417 g/mol. The van der Waals surface area contributed by atoms with Crippen molar-refractivity contribution < 1.29 is 20.1 Å². The molecule has 0 unspecified atom stereocenters. The van der Waals surface area contributed by atoms with Gasteiger partial charge >= 0.3 is 0 Å². The lowest BCUT2D eigenvalue weighted by atomic mass is 9.91. The van der Waals surface area contributed by atoms with E-state index in [1.807, 2.05) is 43.3 Å². The number of aliphatic hydroxyl groups excluding tert-OH is 2. The van der Waals surface area contributed by atoms with Crippen LogP contribution in [0, 0.1) is 5.92 Å². The first-order valence-corrected chi connectivity index (χ1v) is 10.0. The standard InChI is InChI=1S/C24H29ClO4/c1-3-21(24(28)16-29-15-18-7-5-4-6-8-18)23(27)12-9-17(2)13-19-10-11-20(26)14-22(19)25/h3-8,10-11,13-14,21,23-24,26-28H,1,9,12,15-16H2,2H3/b17-13+/t21-,23-,24-/m1/s1. The molecule has 5 heteroatoms. The van der Waals surface area contributed by atoms with Gasteiger partial charge in [0.1, 0.15) is 5.75 Å². The van der Waals surface area contributed by atoms with E-state index in [0.29, 0.717) is 24.5 Å². The van der Waals surface area contributed by atoms with Gasteiger partial charge in [-0.05, 0) is 49.1 Å². The van der Waals surface area contributed by atoms with Crippen LogP contribution in [-0.4, -0.2) is 34.1 Å². The summed E-state index contributed by atoms with van der Waals surface area (Å²) in [5.74, 6) is -0.353. The Morgan fingerprint density at radius 1 is 1.14 bits per heavy atom. The van der Waals surface area contributed by atoms with Crippen LogP contribution in [0.1, 0.15) is 30.9 Å². The molecule has 0 aliphatic rings. The number of hydrogen-bond donors (Lipinski definition) is 3. The van der Waals surface area contributed by atoms with E-state index in [0.717, 1.165) is 16.7 Å². The summed E-state index contributed by atoms with van der Waals surface area (Å²) >= 11 is 6.13. The third-order valence-corrected chi connectivity index (χ3v) is 5.11.